The van der Waals surface area contributed by atoms with Gasteiger partial charge in [-0.25, -0.2) is 4.79 Å². The second-order valence-corrected chi connectivity index (χ2v) is 8.55. The summed E-state index contributed by atoms with van der Waals surface area (Å²) in [5.74, 6) is -0.535. The van der Waals surface area contributed by atoms with Gasteiger partial charge in [0.15, 0.2) is 6.61 Å². The van der Waals surface area contributed by atoms with E-state index < -0.39 is 5.97 Å². The molecule has 1 aromatic carbocycles. The van der Waals surface area contributed by atoms with Gasteiger partial charge in [0.2, 0.25) is 5.91 Å². The van der Waals surface area contributed by atoms with E-state index >= 15 is 0 Å². The van der Waals surface area contributed by atoms with Gasteiger partial charge in [-0.2, -0.15) is 0 Å². The standard InChI is InChI=1S/C22H32N2O4S/c1-4-16(2)23-20(25)14-28-22(27)18-12-8-9-13-19(18)29-15-21(26)24(3)17-10-6-5-7-11-17/h8-9,12-13,16-17H,4-7,10-11,14-15H2,1-3H3,(H,23,25). The number of ether oxygens (including phenoxy) is 1. The molecule has 0 aromatic heterocycles. The average molecular weight is 421 g/mol. The molecule has 1 saturated carbocycles. The number of rotatable bonds is 9. The monoisotopic (exact) mass is 420 g/mol. The van der Waals surface area contributed by atoms with Gasteiger partial charge >= 0.3 is 5.97 Å². The Morgan fingerprint density at radius 3 is 2.59 bits per heavy atom. The molecule has 0 radical (unpaired) electrons. The van der Waals surface area contributed by atoms with Crippen LogP contribution in [0.25, 0.3) is 0 Å². The maximum Gasteiger partial charge on any atom is 0.339 e. The van der Waals surface area contributed by atoms with Crippen LogP contribution in [-0.4, -0.2) is 54.2 Å². The lowest BCUT2D eigenvalue weighted by molar-refractivity contribution is -0.129. The van der Waals surface area contributed by atoms with Crippen LogP contribution in [-0.2, 0) is 14.3 Å². The summed E-state index contributed by atoms with van der Waals surface area (Å²) in [6, 6.07) is 7.39. The minimum Gasteiger partial charge on any atom is -0.452 e. The number of carbonyl (C=O) groups is 3. The summed E-state index contributed by atoms with van der Waals surface area (Å²) in [6.45, 7) is 3.55. The van der Waals surface area contributed by atoms with Crippen molar-refractivity contribution < 1.29 is 19.1 Å². The van der Waals surface area contributed by atoms with Crippen LogP contribution in [0.3, 0.4) is 0 Å². The second-order valence-electron chi connectivity index (χ2n) is 7.53. The molecule has 1 aliphatic carbocycles. The zero-order chi connectivity index (χ0) is 21.2. The van der Waals surface area contributed by atoms with E-state index in [-0.39, 0.29) is 30.2 Å². The number of nitrogens with one attached hydrogen (secondary N) is 1. The summed E-state index contributed by atoms with van der Waals surface area (Å²) in [5.41, 5.74) is 0.377. The molecule has 1 aromatic rings. The van der Waals surface area contributed by atoms with Gasteiger partial charge in [0.25, 0.3) is 5.91 Å². The minimum atomic E-state index is -0.555. The first kappa shape index (κ1) is 23.3. The molecule has 1 fully saturated rings. The Balaban J connectivity index is 1.89. The van der Waals surface area contributed by atoms with Crippen molar-refractivity contribution in [3.8, 4) is 0 Å². The molecule has 0 aliphatic heterocycles. The zero-order valence-electron chi connectivity index (χ0n) is 17.6. The van der Waals surface area contributed by atoms with Crippen LogP contribution in [0.4, 0.5) is 0 Å². The highest BCUT2D eigenvalue weighted by Gasteiger charge is 2.23. The molecule has 29 heavy (non-hydrogen) atoms. The first-order valence-corrected chi connectivity index (χ1v) is 11.3. The molecule has 1 atom stereocenters. The Kier molecular flexibility index (Phi) is 9.51. The minimum absolute atomic E-state index is 0.0382. The topological polar surface area (TPSA) is 75.7 Å². The molecule has 2 amide bonds. The van der Waals surface area contributed by atoms with Crippen LogP contribution in [0, 0.1) is 0 Å². The summed E-state index contributed by atoms with van der Waals surface area (Å²) in [5, 5.41) is 2.76. The van der Waals surface area contributed by atoms with E-state index in [9.17, 15) is 14.4 Å². The summed E-state index contributed by atoms with van der Waals surface area (Å²) < 4.78 is 5.17. The number of nitrogens with zero attached hydrogens (tertiary/aromatic N) is 1. The Bertz CT molecular complexity index is 704. The Morgan fingerprint density at radius 2 is 1.90 bits per heavy atom. The number of amides is 2. The third-order valence-electron chi connectivity index (χ3n) is 5.33. The van der Waals surface area contributed by atoms with Crippen molar-refractivity contribution >= 4 is 29.5 Å². The van der Waals surface area contributed by atoms with E-state index in [4.69, 9.17) is 4.74 Å². The lowest BCUT2D eigenvalue weighted by Gasteiger charge is -2.31. The lowest BCUT2D eigenvalue weighted by atomic mass is 9.94. The molecule has 7 heteroatoms. The van der Waals surface area contributed by atoms with E-state index in [2.05, 4.69) is 5.32 Å². The fourth-order valence-corrected chi connectivity index (χ4v) is 4.27. The van der Waals surface area contributed by atoms with Gasteiger partial charge < -0.3 is 15.0 Å². The van der Waals surface area contributed by atoms with Crippen LogP contribution in [0.5, 0.6) is 0 Å². The first-order valence-electron chi connectivity index (χ1n) is 10.4. The highest BCUT2D eigenvalue weighted by Crippen LogP contribution is 2.26. The molecule has 1 aliphatic rings. The van der Waals surface area contributed by atoms with E-state index in [1.807, 2.05) is 31.9 Å². The molecular formula is C22H32N2O4S. The van der Waals surface area contributed by atoms with Crippen molar-refractivity contribution in [3.05, 3.63) is 29.8 Å². The van der Waals surface area contributed by atoms with E-state index in [0.717, 1.165) is 19.3 Å². The van der Waals surface area contributed by atoms with Gasteiger partial charge in [-0.1, -0.05) is 38.3 Å². The highest BCUT2D eigenvalue weighted by atomic mass is 32.2. The maximum absolute atomic E-state index is 12.6. The molecule has 1 N–H and O–H groups in total. The van der Waals surface area contributed by atoms with Crippen LogP contribution in [0.15, 0.2) is 29.2 Å². The van der Waals surface area contributed by atoms with Gasteiger partial charge in [0.1, 0.15) is 0 Å². The molecular weight excluding hydrogens is 388 g/mol. The molecule has 0 heterocycles. The van der Waals surface area contributed by atoms with E-state index in [0.29, 0.717) is 16.5 Å². The number of esters is 1. The summed E-state index contributed by atoms with van der Waals surface area (Å²) in [4.78, 5) is 39.4. The molecule has 0 bridgehead atoms. The molecule has 0 saturated heterocycles. The number of hydrogen-bond donors (Lipinski definition) is 1. The zero-order valence-corrected chi connectivity index (χ0v) is 18.4. The maximum atomic E-state index is 12.6. The summed E-state index contributed by atoms with van der Waals surface area (Å²) >= 11 is 1.33. The van der Waals surface area contributed by atoms with Crippen molar-refractivity contribution in [3.63, 3.8) is 0 Å². The smallest absolute Gasteiger partial charge is 0.339 e. The molecule has 0 spiro atoms. The van der Waals surface area contributed by atoms with Crippen molar-refractivity contribution in [2.45, 2.75) is 69.4 Å². The quantitative estimate of drug-likeness (QED) is 0.488. The van der Waals surface area contributed by atoms with Crippen molar-refractivity contribution in [2.24, 2.45) is 0 Å². The predicted octanol–water partition coefficient (Wildman–Crippen LogP) is 3.64. The van der Waals surface area contributed by atoms with Gasteiger partial charge in [-0.15, -0.1) is 11.8 Å². The fourth-order valence-electron chi connectivity index (χ4n) is 3.30. The van der Waals surface area contributed by atoms with Gasteiger partial charge in [-0.3, -0.25) is 9.59 Å². The number of carbonyl (C=O) groups excluding carboxylic acids is 3. The van der Waals surface area contributed by atoms with Crippen molar-refractivity contribution in [1.82, 2.24) is 10.2 Å². The Hall–Kier alpha value is -2.02. The van der Waals surface area contributed by atoms with Gasteiger partial charge in [0, 0.05) is 24.0 Å². The van der Waals surface area contributed by atoms with Gasteiger partial charge in [-0.05, 0) is 38.3 Å². The first-order chi connectivity index (χ1) is 13.9. The number of thioether (sulfide) groups is 1. The van der Waals surface area contributed by atoms with E-state index in [1.165, 1.54) is 31.0 Å². The van der Waals surface area contributed by atoms with E-state index in [1.54, 1.807) is 18.2 Å². The second kappa shape index (κ2) is 11.9. The lowest BCUT2D eigenvalue weighted by Crippen LogP contribution is -2.39. The van der Waals surface area contributed by atoms with Gasteiger partial charge in [0.05, 0.1) is 11.3 Å². The molecule has 2 rings (SSSR count). The van der Waals surface area contributed by atoms with Crippen LogP contribution in [0.2, 0.25) is 0 Å². The van der Waals surface area contributed by atoms with Crippen LogP contribution < -0.4 is 5.32 Å². The molecule has 160 valence electrons. The Labute approximate surface area is 177 Å². The highest BCUT2D eigenvalue weighted by molar-refractivity contribution is 8.00. The third kappa shape index (κ3) is 7.38. The average Bonchev–Trinajstić information content (AvgIpc) is 2.75. The SMILES string of the molecule is CCC(C)NC(=O)COC(=O)c1ccccc1SCC(=O)N(C)C1CCCCC1. The normalized spacial score (nSPS) is 15.4. The Morgan fingerprint density at radius 1 is 1.21 bits per heavy atom. The van der Waals surface area contributed by atoms with Crippen LogP contribution >= 0.6 is 11.8 Å². The third-order valence-corrected chi connectivity index (χ3v) is 6.39. The summed E-state index contributed by atoms with van der Waals surface area (Å²) in [6.07, 6.45) is 6.53. The number of hydrogen-bond acceptors (Lipinski definition) is 5. The van der Waals surface area contributed by atoms with Crippen molar-refractivity contribution in [2.75, 3.05) is 19.4 Å². The number of benzene rings is 1. The van der Waals surface area contributed by atoms with Crippen molar-refractivity contribution in [1.29, 1.82) is 0 Å². The predicted molar refractivity (Wildman–Crippen MR) is 115 cm³/mol. The van der Waals surface area contributed by atoms with Crippen LogP contribution in [0.1, 0.15) is 62.7 Å². The molecule has 1 unspecified atom stereocenters. The fraction of sp³-hybridized carbons (Fsp3) is 0.591. The largest absolute Gasteiger partial charge is 0.452 e. The molecule has 6 nitrogen and oxygen atoms in total. The summed E-state index contributed by atoms with van der Waals surface area (Å²) in [7, 11) is 1.87.